The number of unbranched alkanes of at least 4 members (excludes halogenated alkanes) is 4. The fourth-order valence-corrected chi connectivity index (χ4v) is 2.34. The predicted octanol–water partition coefficient (Wildman–Crippen LogP) is 3.92. The van der Waals surface area contributed by atoms with E-state index >= 15 is 0 Å². The summed E-state index contributed by atoms with van der Waals surface area (Å²) in [6.45, 7) is 6.71. The number of hydrogen-bond donors (Lipinski definition) is 1. The average Bonchev–Trinajstić information content (AvgIpc) is 2.70. The molecule has 0 aliphatic heterocycles. The van der Waals surface area contributed by atoms with Crippen LogP contribution in [0.2, 0.25) is 0 Å². The van der Waals surface area contributed by atoms with Gasteiger partial charge in [0.2, 0.25) is 0 Å². The Labute approximate surface area is 100 Å². The van der Waals surface area contributed by atoms with Crippen LogP contribution in [0.15, 0.2) is 12.4 Å². The minimum absolute atomic E-state index is 0.688. The van der Waals surface area contributed by atoms with Crippen molar-refractivity contribution in [3.8, 4) is 0 Å². The summed E-state index contributed by atoms with van der Waals surface area (Å²) in [7, 11) is 0. The van der Waals surface area contributed by atoms with Gasteiger partial charge in [-0.05, 0) is 19.3 Å². The zero-order chi connectivity index (χ0) is 11.8. The van der Waals surface area contributed by atoms with Gasteiger partial charge in [0.05, 0.1) is 0 Å². The Morgan fingerprint density at radius 1 is 1.19 bits per heavy atom. The molecule has 2 nitrogen and oxygen atoms in total. The number of nitrogens with zero attached hydrogens (tertiary/aromatic N) is 1. The van der Waals surface area contributed by atoms with Gasteiger partial charge >= 0.3 is 0 Å². The van der Waals surface area contributed by atoms with Crippen LogP contribution < -0.4 is 4.57 Å². The van der Waals surface area contributed by atoms with Gasteiger partial charge in [0.25, 0.3) is 5.82 Å². The molecule has 1 N–H and O–H groups in total. The third kappa shape index (κ3) is 3.99. The molecular weight excluding hydrogens is 196 g/mol. The second kappa shape index (κ2) is 7.48. The van der Waals surface area contributed by atoms with Crippen LogP contribution in [0.5, 0.6) is 0 Å². The number of imidazole rings is 1. The van der Waals surface area contributed by atoms with Crippen molar-refractivity contribution < 1.29 is 4.57 Å². The molecule has 0 saturated carbocycles. The maximum absolute atomic E-state index is 3.26. The topological polar surface area (TPSA) is 19.7 Å². The summed E-state index contributed by atoms with van der Waals surface area (Å²) in [5.41, 5.74) is 0. The average molecular weight is 223 g/mol. The summed E-state index contributed by atoms with van der Waals surface area (Å²) in [6.07, 6.45) is 13.7. The summed E-state index contributed by atoms with van der Waals surface area (Å²) < 4.78 is 2.39. The zero-order valence-corrected chi connectivity index (χ0v) is 11.1. The molecule has 0 fully saturated rings. The van der Waals surface area contributed by atoms with E-state index in [2.05, 4.69) is 36.5 Å². The van der Waals surface area contributed by atoms with Crippen molar-refractivity contribution in [3.63, 3.8) is 0 Å². The number of rotatable bonds is 8. The fraction of sp³-hybridized carbons (Fsp3) is 0.786. The molecule has 0 spiro atoms. The maximum Gasteiger partial charge on any atom is 0.251 e. The highest BCUT2D eigenvalue weighted by atomic mass is 15.1. The van der Waals surface area contributed by atoms with Gasteiger partial charge in [-0.15, -0.1) is 0 Å². The van der Waals surface area contributed by atoms with E-state index in [1.807, 2.05) is 6.20 Å². The molecule has 0 radical (unpaired) electrons. The number of aromatic amines is 1. The highest BCUT2D eigenvalue weighted by molar-refractivity contribution is 4.72. The summed E-state index contributed by atoms with van der Waals surface area (Å²) in [5, 5.41) is 0. The zero-order valence-electron chi connectivity index (χ0n) is 11.1. The molecule has 92 valence electrons. The molecule has 16 heavy (non-hydrogen) atoms. The molecule has 0 aromatic carbocycles. The maximum atomic E-state index is 3.26. The van der Waals surface area contributed by atoms with E-state index < -0.39 is 0 Å². The molecule has 2 heteroatoms. The van der Waals surface area contributed by atoms with Gasteiger partial charge in [0.1, 0.15) is 18.4 Å². The van der Waals surface area contributed by atoms with Crippen molar-refractivity contribution in [1.29, 1.82) is 0 Å². The lowest BCUT2D eigenvalue weighted by molar-refractivity contribution is -0.728. The predicted molar refractivity (Wildman–Crippen MR) is 68.4 cm³/mol. The van der Waals surface area contributed by atoms with Crippen LogP contribution in [-0.2, 0) is 0 Å². The normalized spacial score (nSPS) is 12.9. The molecule has 1 aromatic rings. The van der Waals surface area contributed by atoms with Crippen LogP contribution in [0.1, 0.15) is 70.7 Å². The number of hydrogen-bond acceptors (Lipinski definition) is 0. The molecule has 1 heterocycles. The third-order valence-electron chi connectivity index (χ3n) is 3.42. The number of nitrogens with one attached hydrogen (secondary N) is 1. The van der Waals surface area contributed by atoms with Crippen molar-refractivity contribution in [2.24, 2.45) is 0 Å². The number of H-pyrrole nitrogens is 1. The minimum atomic E-state index is 0.688. The SMILES string of the molecule is CCCCCCCC(CC)[n+]1cc[nH]c1C. The van der Waals surface area contributed by atoms with E-state index in [1.165, 1.54) is 50.8 Å². The molecule has 0 saturated heterocycles. The van der Waals surface area contributed by atoms with E-state index in [-0.39, 0.29) is 0 Å². The lowest BCUT2D eigenvalue weighted by Crippen LogP contribution is -2.39. The van der Waals surface area contributed by atoms with Crippen molar-refractivity contribution in [2.45, 2.75) is 71.8 Å². The van der Waals surface area contributed by atoms with Gasteiger partial charge in [-0.25, -0.2) is 9.55 Å². The number of aromatic nitrogens is 2. The fourth-order valence-electron chi connectivity index (χ4n) is 2.34. The Balaban J connectivity index is 2.30. The van der Waals surface area contributed by atoms with E-state index in [0.29, 0.717) is 6.04 Å². The molecule has 1 rings (SSSR count). The quantitative estimate of drug-likeness (QED) is 0.509. The summed E-state index contributed by atoms with van der Waals surface area (Å²) in [4.78, 5) is 3.26. The lowest BCUT2D eigenvalue weighted by atomic mass is 10.0. The van der Waals surface area contributed by atoms with E-state index in [0.717, 1.165) is 0 Å². The van der Waals surface area contributed by atoms with Crippen LogP contribution in [0.3, 0.4) is 0 Å². The first-order chi connectivity index (χ1) is 7.79. The monoisotopic (exact) mass is 223 g/mol. The second-order valence-corrected chi connectivity index (χ2v) is 4.72. The Morgan fingerprint density at radius 2 is 1.94 bits per heavy atom. The third-order valence-corrected chi connectivity index (χ3v) is 3.42. The van der Waals surface area contributed by atoms with Crippen molar-refractivity contribution in [3.05, 3.63) is 18.2 Å². The number of aryl methyl sites for hydroxylation is 1. The standard InChI is InChI=1S/C14H26N2/c1-4-6-7-8-9-10-14(5-2)16-12-11-15-13(16)3/h11-12,14H,4-10H2,1-3H3/p+1. The molecule has 0 aliphatic carbocycles. The Hall–Kier alpha value is -0.790. The van der Waals surface area contributed by atoms with Crippen molar-refractivity contribution >= 4 is 0 Å². The first kappa shape index (κ1) is 13.3. The Bertz CT molecular complexity index is 278. The Morgan fingerprint density at radius 3 is 2.50 bits per heavy atom. The minimum Gasteiger partial charge on any atom is -0.248 e. The van der Waals surface area contributed by atoms with E-state index in [9.17, 15) is 0 Å². The second-order valence-electron chi connectivity index (χ2n) is 4.72. The first-order valence-corrected chi connectivity index (χ1v) is 6.84. The molecule has 1 unspecified atom stereocenters. The van der Waals surface area contributed by atoms with Crippen LogP contribution in [-0.4, -0.2) is 4.98 Å². The van der Waals surface area contributed by atoms with Crippen LogP contribution >= 0.6 is 0 Å². The highest BCUT2D eigenvalue weighted by Gasteiger charge is 2.15. The van der Waals surface area contributed by atoms with E-state index in [4.69, 9.17) is 0 Å². The van der Waals surface area contributed by atoms with Crippen LogP contribution in [0, 0.1) is 6.92 Å². The molecule has 1 atom stereocenters. The highest BCUT2D eigenvalue weighted by Crippen LogP contribution is 2.15. The molecule has 1 aromatic heterocycles. The van der Waals surface area contributed by atoms with Crippen LogP contribution in [0.4, 0.5) is 0 Å². The summed E-state index contributed by atoms with van der Waals surface area (Å²) in [5.74, 6) is 1.28. The van der Waals surface area contributed by atoms with Crippen molar-refractivity contribution in [1.82, 2.24) is 4.98 Å². The Kier molecular flexibility index (Phi) is 6.20. The molecular formula is C14H27N2+. The van der Waals surface area contributed by atoms with Gasteiger partial charge in [-0.1, -0.05) is 39.5 Å². The van der Waals surface area contributed by atoms with E-state index in [1.54, 1.807) is 0 Å². The van der Waals surface area contributed by atoms with Gasteiger partial charge in [-0.3, -0.25) is 0 Å². The first-order valence-electron chi connectivity index (χ1n) is 6.84. The van der Waals surface area contributed by atoms with Crippen LogP contribution in [0.25, 0.3) is 0 Å². The lowest BCUT2D eigenvalue weighted by Gasteiger charge is -2.12. The largest absolute Gasteiger partial charge is 0.251 e. The van der Waals surface area contributed by atoms with Gasteiger partial charge < -0.3 is 0 Å². The summed E-state index contributed by atoms with van der Waals surface area (Å²) >= 11 is 0. The smallest absolute Gasteiger partial charge is 0.248 e. The molecule has 0 bridgehead atoms. The molecule has 0 aliphatic rings. The van der Waals surface area contributed by atoms with Gasteiger partial charge in [0.15, 0.2) is 0 Å². The summed E-state index contributed by atoms with van der Waals surface area (Å²) in [6, 6.07) is 0.688. The van der Waals surface area contributed by atoms with Gasteiger partial charge in [-0.2, -0.15) is 0 Å². The van der Waals surface area contributed by atoms with Gasteiger partial charge in [0, 0.05) is 6.92 Å². The molecule has 0 amide bonds. The van der Waals surface area contributed by atoms with Crippen molar-refractivity contribution in [2.75, 3.05) is 0 Å².